The number of amides is 1. The van der Waals surface area contributed by atoms with Gasteiger partial charge in [0.1, 0.15) is 0 Å². The first kappa shape index (κ1) is 21.5. The van der Waals surface area contributed by atoms with Crippen molar-refractivity contribution in [3.8, 4) is 11.8 Å². The van der Waals surface area contributed by atoms with Crippen molar-refractivity contribution in [3.63, 3.8) is 0 Å². The Morgan fingerprint density at radius 2 is 1.85 bits per heavy atom. The number of pyridine rings is 1. The molecule has 1 amide bonds. The Morgan fingerprint density at radius 1 is 1.03 bits per heavy atom. The standard InChI is InChI=1S/C30H25N3O/c1-20-8-3-4-9-23(20)14-13-22-17-24-10-7-15-31-29(24)27(18-22)30(34)33-21(2)16-25-19-32-28-12-6-5-11-26(25)28/h3-12,15,17-19,21,32H,16H2,1-2H3,(H,33,34). The second-order valence-corrected chi connectivity index (χ2v) is 8.60. The maximum absolute atomic E-state index is 13.3. The molecule has 0 spiro atoms. The number of para-hydroxylation sites is 1. The van der Waals surface area contributed by atoms with Crippen molar-refractivity contribution in [2.75, 3.05) is 0 Å². The van der Waals surface area contributed by atoms with Crippen molar-refractivity contribution in [1.29, 1.82) is 0 Å². The number of carbonyl (C=O) groups is 1. The van der Waals surface area contributed by atoms with Crippen LogP contribution in [0.2, 0.25) is 0 Å². The van der Waals surface area contributed by atoms with E-state index in [1.165, 1.54) is 10.9 Å². The van der Waals surface area contributed by atoms with Crippen molar-refractivity contribution < 1.29 is 4.79 Å². The molecule has 2 N–H and O–H groups in total. The summed E-state index contributed by atoms with van der Waals surface area (Å²) in [7, 11) is 0. The van der Waals surface area contributed by atoms with Crippen LogP contribution in [0.1, 0.15) is 39.5 Å². The number of fused-ring (bicyclic) bond motifs is 2. The lowest BCUT2D eigenvalue weighted by atomic mass is 10.0. The lowest BCUT2D eigenvalue weighted by molar-refractivity contribution is 0.0941. The number of nitrogens with zero attached hydrogens (tertiary/aromatic N) is 1. The van der Waals surface area contributed by atoms with Crippen LogP contribution in [0.15, 0.2) is 85.2 Å². The van der Waals surface area contributed by atoms with Gasteiger partial charge in [0.05, 0.1) is 11.1 Å². The highest BCUT2D eigenvalue weighted by atomic mass is 16.1. The van der Waals surface area contributed by atoms with Crippen molar-refractivity contribution >= 4 is 27.7 Å². The molecule has 166 valence electrons. The van der Waals surface area contributed by atoms with E-state index in [1.807, 2.05) is 80.7 Å². The highest BCUT2D eigenvalue weighted by Gasteiger charge is 2.16. The molecule has 1 atom stereocenters. The topological polar surface area (TPSA) is 57.8 Å². The third-order valence-electron chi connectivity index (χ3n) is 6.01. The summed E-state index contributed by atoms with van der Waals surface area (Å²) < 4.78 is 0. The van der Waals surface area contributed by atoms with Crippen LogP contribution in [0, 0.1) is 18.8 Å². The number of nitrogens with one attached hydrogen (secondary N) is 2. The number of aryl methyl sites for hydroxylation is 1. The van der Waals surface area contributed by atoms with Crippen LogP contribution in [0.4, 0.5) is 0 Å². The van der Waals surface area contributed by atoms with Gasteiger partial charge >= 0.3 is 0 Å². The minimum absolute atomic E-state index is 0.0489. The molecule has 4 heteroatoms. The molecule has 0 radical (unpaired) electrons. The Morgan fingerprint density at radius 3 is 2.74 bits per heavy atom. The van der Waals surface area contributed by atoms with Gasteiger partial charge in [-0.15, -0.1) is 0 Å². The van der Waals surface area contributed by atoms with Gasteiger partial charge in [-0.05, 0) is 61.7 Å². The summed E-state index contributed by atoms with van der Waals surface area (Å²) in [5.74, 6) is 6.34. The quantitative estimate of drug-likeness (QED) is 0.346. The monoisotopic (exact) mass is 443 g/mol. The zero-order valence-corrected chi connectivity index (χ0v) is 19.2. The number of hydrogen-bond donors (Lipinski definition) is 2. The van der Waals surface area contributed by atoms with Crippen LogP contribution < -0.4 is 5.32 Å². The lowest BCUT2D eigenvalue weighted by Crippen LogP contribution is -2.34. The van der Waals surface area contributed by atoms with Crippen LogP contribution >= 0.6 is 0 Å². The summed E-state index contributed by atoms with van der Waals surface area (Å²) in [5.41, 5.74) is 6.40. The minimum atomic E-state index is -0.143. The van der Waals surface area contributed by atoms with E-state index in [0.29, 0.717) is 11.1 Å². The molecule has 3 aromatic carbocycles. The highest BCUT2D eigenvalue weighted by molar-refractivity contribution is 6.06. The summed E-state index contributed by atoms with van der Waals surface area (Å²) in [5, 5.41) is 5.24. The van der Waals surface area contributed by atoms with Gasteiger partial charge in [-0.25, -0.2) is 0 Å². The maximum Gasteiger partial charge on any atom is 0.253 e. The van der Waals surface area contributed by atoms with Gasteiger partial charge in [-0.2, -0.15) is 0 Å². The molecule has 0 aliphatic rings. The molecule has 34 heavy (non-hydrogen) atoms. The number of hydrogen-bond acceptors (Lipinski definition) is 2. The molecule has 4 nitrogen and oxygen atoms in total. The van der Waals surface area contributed by atoms with Gasteiger partial charge in [-0.3, -0.25) is 9.78 Å². The maximum atomic E-state index is 13.3. The fourth-order valence-corrected chi connectivity index (χ4v) is 4.27. The van der Waals surface area contributed by atoms with Crippen LogP contribution in [0.25, 0.3) is 21.8 Å². The number of rotatable bonds is 4. The first-order valence-electron chi connectivity index (χ1n) is 11.4. The molecule has 0 saturated heterocycles. The molecule has 5 aromatic rings. The van der Waals surface area contributed by atoms with E-state index in [0.717, 1.165) is 34.0 Å². The molecule has 0 aliphatic carbocycles. The molecule has 1 unspecified atom stereocenters. The molecule has 2 heterocycles. The Kier molecular flexibility index (Phi) is 5.84. The Bertz CT molecular complexity index is 1570. The number of H-pyrrole nitrogens is 1. The van der Waals surface area contributed by atoms with E-state index in [2.05, 4.69) is 39.3 Å². The third-order valence-corrected chi connectivity index (χ3v) is 6.01. The smallest absolute Gasteiger partial charge is 0.253 e. The van der Waals surface area contributed by atoms with Gasteiger partial charge in [0.15, 0.2) is 0 Å². The minimum Gasteiger partial charge on any atom is -0.361 e. The summed E-state index contributed by atoms with van der Waals surface area (Å²) in [6.07, 6.45) is 4.47. The molecular formula is C30H25N3O. The molecule has 0 bridgehead atoms. The predicted octanol–water partition coefficient (Wildman–Crippen LogP) is 5.79. The number of aromatic nitrogens is 2. The van der Waals surface area contributed by atoms with E-state index in [1.54, 1.807) is 6.20 Å². The van der Waals surface area contributed by atoms with E-state index in [4.69, 9.17) is 0 Å². The normalized spacial score (nSPS) is 11.7. The average molecular weight is 444 g/mol. The molecule has 2 aromatic heterocycles. The predicted molar refractivity (Wildman–Crippen MR) is 138 cm³/mol. The van der Waals surface area contributed by atoms with Crippen molar-refractivity contribution in [2.45, 2.75) is 26.3 Å². The van der Waals surface area contributed by atoms with E-state index in [-0.39, 0.29) is 11.9 Å². The van der Waals surface area contributed by atoms with Gasteiger partial charge < -0.3 is 10.3 Å². The van der Waals surface area contributed by atoms with Crippen molar-refractivity contribution in [2.24, 2.45) is 0 Å². The van der Waals surface area contributed by atoms with Crippen LogP contribution in [-0.4, -0.2) is 21.9 Å². The average Bonchev–Trinajstić information content (AvgIpc) is 3.25. The molecule has 5 rings (SSSR count). The van der Waals surface area contributed by atoms with Gasteiger partial charge in [0.25, 0.3) is 5.91 Å². The number of carbonyl (C=O) groups excluding carboxylic acids is 1. The second kappa shape index (κ2) is 9.25. The molecule has 0 fully saturated rings. The van der Waals surface area contributed by atoms with Crippen LogP contribution in [-0.2, 0) is 6.42 Å². The number of benzene rings is 3. The second-order valence-electron chi connectivity index (χ2n) is 8.60. The van der Waals surface area contributed by atoms with Crippen LogP contribution in [0.5, 0.6) is 0 Å². The summed E-state index contributed by atoms with van der Waals surface area (Å²) in [6, 6.07) is 23.9. The van der Waals surface area contributed by atoms with Gasteiger partial charge in [-0.1, -0.05) is 54.3 Å². The Hall–Kier alpha value is -4.36. The van der Waals surface area contributed by atoms with Crippen molar-refractivity contribution in [3.05, 3.63) is 113 Å². The van der Waals surface area contributed by atoms with Gasteiger partial charge in [0.2, 0.25) is 0 Å². The fraction of sp³-hybridized carbons (Fsp3) is 0.133. The third kappa shape index (κ3) is 4.42. The van der Waals surface area contributed by atoms with E-state index in [9.17, 15) is 4.79 Å². The summed E-state index contributed by atoms with van der Waals surface area (Å²) in [4.78, 5) is 21.1. The first-order chi connectivity index (χ1) is 16.6. The first-order valence-corrected chi connectivity index (χ1v) is 11.4. The van der Waals surface area contributed by atoms with Crippen LogP contribution in [0.3, 0.4) is 0 Å². The van der Waals surface area contributed by atoms with Gasteiger partial charge in [0, 0.05) is 45.9 Å². The highest BCUT2D eigenvalue weighted by Crippen LogP contribution is 2.21. The van der Waals surface area contributed by atoms with Crippen molar-refractivity contribution in [1.82, 2.24) is 15.3 Å². The zero-order valence-electron chi connectivity index (χ0n) is 19.2. The molecular weight excluding hydrogens is 418 g/mol. The number of aromatic amines is 1. The lowest BCUT2D eigenvalue weighted by Gasteiger charge is -2.15. The van der Waals surface area contributed by atoms with E-state index < -0.39 is 0 Å². The Balaban J connectivity index is 1.43. The fourth-order valence-electron chi connectivity index (χ4n) is 4.27. The van der Waals surface area contributed by atoms with E-state index >= 15 is 0 Å². The summed E-state index contributed by atoms with van der Waals surface area (Å²) >= 11 is 0. The molecule has 0 aliphatic heterocycles. The SMILES string of the molecule is Cc1ccccc1C#Cc1cc(C(=O)NC(C)Cc2c[nH]c3ccccc23)c2ncccc2c1. The summed E-state index contributed by atoms with van der Waals surface area (Å²) in [6.45, 7) is 4.07. The zero-order chi connectivity index (χ0) is 23.5. The molecule has 0 saturated carbocycles. The Labute approximate surface area is 199 Å². The largest absolute Gasteiger partial charge is 0.361 e.